The van der Waals surface area contributed by atoms with Gasteiger partial charge in [0, 0.05) is 18.9 Å². The van der Waals surface area contributed by atoms with E-state index in [0.717, 1.165) is 12.0 Å². The van der Waals surface area contributed by atoms with Gasteiger partial charge in [-0.3, -0.25) is 9.78 Å². The molecular formula is C15H19N5O2. The summed E-state index contributed by atoms with van der Waals surface area (Å²) in [4.78, 5) is 18.5. The maximum Gasteiger partial charge on any atom is 0.272 e. The van der Waals surface area contributed by atoms with E-state index < -0.39 is 5.60 Å². The van der Waals surface area contributed by atoms with Gasteiger partial charge in [0.25, 0.3) is 5.91 Å². The van der Waals surface area contributed by atoms with Gasteiger partial charge in [0.2, 0.25) is 0 Å². The van der Waals surface area contributed by atoms with Crippen molar-refractivity contribution in [3.05, 3.63) is 42.0 Å². The highest BCUT2D eigenvalue weighted by Crippen LogP contribution is 2.24. The van der Waals surface area contributed by atoms with Gasteiger partial charge in [0.05, 0.1) is 19.3 Å². The van der Waals surface area contributed by atoms with E-state index in [1.807, 2.05) is 19.1 Å². The average Bonchev–Trinajstić information content (AvgIpc) is 3.16. The molecule has 116 valence electrons. The van der Waals surface area contributed by atoms with Crippen LogP contribution in [0.5, 0.6) is 0 Å². The van der Waals surface area contributed by atoms with Gasteiger partial charge in [-0.2, -0.15) is 0 Å². The lowest BCUT2D eigenvalue weighted by Gasteiger charge is -2.23. The Morgan fingerprint density at radius 3 is 3.05 bits per heavy atom. The van der Waals surface area contributed by atoms with Crippen LogP contribution in [0.15, 0.2) is 30.7 Å². The first-order valence-corrected chi connectivity index (χ1v) is 7.41. The molecule has 1 atom stereocenters. The van der Waals surface area contributed by atoms with E-state index in [0.29, 0.717) is 25.2 Å². The van der Waals surface area contributed by atoms with Crippen LogP contribution in [0.25, 0.3) is 0 Å². The molecule has 1 saturated heterocycles. The molecule has 3 rings (SSSR count). The van der Waals surface area contributed by atoms with Crippen LogP contribution in [0.1, 0.15) is 29.4 Å². The molecule has 1 aliphatic rings. The minimum absolute atomic E-state index is 0.119. The van der Waals surface area contributed by atoms with E-state index in [-0.39, 0.29) is 12.5 Å². The molecule has 1 fully saturated rings. The molecule has 1 amide bonds. The number of nitrogens with zero attached hydrogens (tertiary/aromatic N) is 5. The Labute approximate surface area is 128 Å². The van der Waals surface area contributed by atoms with Crippen LogP contribution in [0, 0.1) is 0 Å². The largest absolute Gasteiger partial charge is 0.386 e. The highest BCUT2D eigenvalue weighted by molar-refractivity contribution is 5.94. The van der Waals surface area contributed by atoms with E-state index in [9.17, 15) is 9.90 Å². The quantitative estimate of drug-likeness (QED) is 0.889. The molecule has 2 aromatic rings. The number of aryl methyl sites for hydroxylation is 1. The summed E-state index contributed by atoms with van der Waals surface area (Å²) in [5.41, 5.74) is 0.444. The van der Waals surface area contributed by atoms with E-state index in [4.69, 9.17) is 0 Å². The fourth-order valence-corrected chi connectivity index (χ4v) is 2.84. The second kappa shape index (κ2) is 5.84. The van der Waals surface area contributed by atoms with Crippen molar-refractivity contribution in [2.45, 2.75) is 31.9 Å². The van der Waals surface area contributed by atoms with Crippen LogP contribution < -0.4 is 0 Å². The van der Waals surface area contributed by atoms with Crippen LogP contribution in [0.4, 0.5) is 0 Å². The number of pyridine rings is 1. The summed E-state index contributed by atoms with van der Waals surface area (Å²) in [6, 6.07) is 3.75. The monoisotopic (exact) mass is 301 g/mol. The van der Waals surface area contributed by atoms with Gasteiger partial charge < -0.3 is 10.0 Å². The van der Waals surface area contributed by atoms with Gasteiger partial charge >= 0.3 is 0 Å². The van der Waals surface area contributed by atoms with Crippen LogP contribution in [0.2, 0.25) is 0 Å². The van der Waals surface area contributed by atoms with Crippen LogP contribution in [-0.2, 0) is 13.0 Å². The van der Waals surface area contributed by atoms with E-state index in [2.05, 4.69) is 15.3 Å². The standard InChI is InChI=1S/C15H19N5O2/c1-2-12-4-3-6-16-13(12)14(21)19-8-5-15(22,10-19)11-20-9-7-17-18-20/h3-4,6-7,9,22H,2,5,8,10-11H2,1H3/t15-/m0/s1. The third-order valence-electron chi connectivity index (χ3n) is 4.02. The number of aromatic nitrogens is 4. The molecule has 7 nitrogen and oxygen atoms in total. The summed E-state index contributed by atoms with van der Waals surface area (Å²) in [5.74, 6) is -0.119. The van der Waals surface area contributed by atoms with Crippen LogP contribution >= 0.6 is 0 Å². The Bertz CT molecular complexity index is 658. The Kier molecular flexibility index (Phi) is 3.89. The number of aliphatic hydroxyl groups is 1. The molecular weight excluding hydrogens is 282 g/mol. The topological polar surface area (TPSA) is 84.1 Å². The molecule has 2 aromatic heterocycles. The smallest absolute Gasteiger partial charge is 0.272 e. The zero-order chi connectivity index (χ0) is 15.6. The van der Waals surface area contributed by atoms with Gasteiger partial charge in [-0.15, -0.1) is 5.10 Å². The lowest BCUT2D eigenvalue weighted by Crippen LogP contribution is -2.40. The molecule has 0 bridgehead atoms. The highest BCUT2D eigenvalue weighted by atomic mass is 16.3. The number of hydrogen-bond donors (Lipinski definition) is 1. The SMILES string of the molecule is CCc1cccnc1C(=O)N1CC[C@@](O)(Cn2ccnn2)C1. The highest BCUT2D eigenvalue weighted by Gasteiger charge is 2.39. The minimum atomic E-state index is -0.968. The number of β-amino-alcohol motifs (C(OH)–C–C–N with tert-alkyl or cyclic N) is 1. The van der Waals surface area contributed by atoms with E-state index in [1.165, 1.54) is 0 Å². The van der Waals surface area contributed by atoms with Crippen molar-refractivity contribution in [1.82, 2.24) is 24.9 Å². The lowest BCUT2D eigenvalue weighted by molar-refractivity contribution is 0.0265. The van der Waals surface area contributed by atoms with Gasteiger partial charge in [-0.1, -0.05) is 18.2 Å². The number of amides is 1. The molecule has 0 spiro atoms. The molecule has 0 radical (unpaired) electrons. The number of carbonyl (C=O) groups excluding carboxylic acids is 1. The third kappa shape index (κ3) is 2.85. The van der Waals surface area contributed by atoms with Gasteiger partial charge in [0.15, 0.2) is 0 Å². The first-order valence-electron chi connectivity index (χ1n) is 7.41. The fourth-order valence-electron chi connectivity index (χ4n) is 2.84. The maximum atomic E-state index is 12.6. The van der Waals surface area contributed by atoms with Crippen molar-refractivity contribution in [3.63, 3.8) is 0 Å². The van der Waals surface area contributed by atoms with Gasteiger partial charge in [0.1, 0.15) is 11.3 Å². The molecule has 0 aliphatic carbocycles. The molecule has 0 aromatic carbocycles. The molecule has 3 heterocycles. The summed E-state index contributed by atoms with van der Waals surface area (Å²) < 4.78 is 1.59. The maximum absolute atomic E-state index is 12.6. The molecule has 7 heteroatoms. The normalized spacial score (nSPS) is 21.3. The summed E-state index contributed by atoms with van der Waals surface area (Å²) in [6.07, 6.45) is 6.18. The van der Waals surface area contributed by atoms with E-state index in [1.54, 1.807) is 28.2 Å². The van der Waals surface area contributed by atoms with Crippen molar-refractivity contribution in [2.24, 2.45) is 0 Å². The van der Waals surface area contributed by atoms with Crippen molar-refractivity contribution in [1.29, 1.82) is 0 Å². The van der Waals surface area contributed by atoms with Crippen molar-refractivity contribution < 1.29 is 9.90 Å². The molecule has 1 N–H and O–H groups in total. The fraction of sp³-hybridized carbons (Fsp3) is 0.467. The molecule has 0 saturated carbocycles. The first kappa shape index (κ1) is 14.6. The zero-order valence-electron chi connectivity index (χ0n) is 12.5. The second-order valence-electron chi connectivity index (χ2n) is 5.67. The average molecular weight is 301 g/mol. The van der Waals surface area contributed by atoms with Crippen molar-refractivity contribution in [2.75, 3.05) is 13.1 Å². The Morgan fingerprint density at radius 1 is 1.45 bits per heavy atom. The number of carbonyl (C=O) groups is 1. The third-order valence-corrected chi connectivity index (χ3v) is 4.02. The summed E-state index contributed by atoms with van der Waals surface area (Å²) in [6.45, 7) is 3.13. The van der Waals surface area contributed by atoms with Crippen LogP contribution in [0.3, 0.4) is 0 Å². The Hall–Kier alpha value is -2.28. The minimum Gasteiger partial charge on any atom is -0.386 e. The predicted octanol–water partition coefficient (Wildman–Crippen LogP) is 0.513. The lowest BCUT2D eigenvalue weighted by atomic mass is 10.0. The molecule has 0 unspecified atom stereocenters. The van der Waals surface area contributed by atoms with E-state index >= 15 is 0 Å². The summed E-state index contributed by atoms with van der Waals surface area (Å²) >= 11 is 0. The number of hydrogen-bond acceptors (Lipinski definition) is 5. The van der Waals surface area contributed by atoms with Gasteiger partial charge in [-0.05, 0) is 24.5 Å². The Morgan fingerprint density at radius 2 is 2.32 bits per heavy atom. The zero-order valence-corrected chi connectivity index (χ0v) is 12.5. The summed E-state index contributed by atoms with van der Waals surface area (Å²) in [5, 5.41) is 18.3. The van der Waals surface area contributed by atoms with Crippen LogP contribution in [-0.4, -0.2) is 54.6 Å². The van der Waals surface area contributed by atoms with Gasteiger partial charge in [-0.25, -0.2) is 4.68 Å². The predicted molar refractivity (Wildman–Crippen MR) is 79.1 cm³/mol. The number of rotatable bonds is 4. The first-order chi connectivity index (χ1) is 10.6. The summed E-state index contributed by atoms with van der Waals surface area (Å²) in [7, 11) is 0. The molecule has 1 aliphatic heterocycles. The molecule has 22 heavy (non-hydrogen) atoms. The Balaban J connectivity index is 1.73. The number of likely N-dealkylation sites (tertiary alicyclic amines) is 1. The van der Waals surface area contributed by atoms with Crippen molar-refractivity contribution in [3.8, 4) is 0 Å². The van der Waals surface area contributed by atoms with Crippen molar-refractivity contribution >= 4 is 5.91 Å². The second-order valence-corrected chi connectivity index (χ2v) is 5.67.